The van der Waals surface area contributed by atoms with Gasteiger partial charge in [0, 0.05) is 0 Å². The molecule has 0 amide bonds. The van der Waals surface area contributed by atoms with Gasteiger partial charge < -0.3 is 0 Å². The molecule has 0 N–H and O–H groups in total. The van der Waals surface area contributed by atoms with Gasteiger partial charge in [0.1, 0.15) is 0 Å². The Bertz CT molecular complexity index is 820. The van der Waals surface area contributed by atoms with Crippen LogP contribution in [0.25, 0.3) is 0 Å². The molecular formula is C12CrF10N2. The minimum atomic E-state index is -2.46. The molecule has 0 aliphatic heterocycles. The summed E-state index contributed by atoms with van der Waals surface area (Å²) in [6, 6.07) is 0. The summed E-state index contributed by atoms with van der Waals surface area (Å²) in [6.45, 7) is 0. The van der Waals surface area contributed by atoms with Crippen molar-refractivity contribution in [2.45, 2.75) is 0 Å². The van der Waals surface area contributed by atoms with Crippen LogP contribution in [-0.4, -0.2) is 0 Å². The van der Waals surface area contributed by atoms with Crippen LogP contribution in [0, 0.1) is 58.2 Å². The molecule has 134 valence electrons. The SMILES string of the molecule is Fc1c(F)c(F)c([N]=[Cr]=[N]c2c(F)c(F)c(F)c(F)c2F)c(F)c1F. The molecule has 25 heavy (non-hydrogen) atoms. The Labute approximate surface area is 137 Å². The molecule has 0 aliphatic rings. The fourth-order valence-corrected chi connectivity index (χ4v) is 2.27. The van der Waals surface area contributed by atoms with Gasteiger partial charge in [-0.2, -0.15) is 0 Å². The molecule has 0 atom stereocenters. The number of hydrogen-bond acceptors (Lipinski definition) is 2. The van der Waals surface area contributed by atoms with Crippen molar-refractivity contribution < 1.29 is 58.7 Å². The molecule has 2 aromatic rings. The van der Waals surface area contributed by atoms with Gasteiger partial charge >= 0.3 is 136 Å². The Morgan fingerprint density at radius 1 is 0.360 bits per heavy atom. The molecule has 0 aliphatic carbocycles. The zero-order valence-corrected chi connectivity index (χ0v) is 12.4. The molecule has 0 fully saturated rings. The molecule has 0 unspecified atom stereocenters. The first-order chi connectivity index (χ1) is 11.6. The second-order valence-electron chi connectivity index (χ2n) is 4.10. The Morgan fingerprint density at radius 2 is 0.560 bits per heavy atom. The van der Waals surface area contributed by atoms with Crippen molar-refractivity contribution in [3.8, 4) is 0 Å². The van der Waals surface area contributed by atoms with Crippen molar-refractivity contribution in [2.24, 2.45) is 7.86 Å². The molecule has 0 bridgehead atoms. The molecule has 0 spiro atoms. The molecule has 0 heterocycles. The Morgan fingerprint density at radius 3 is 0.800 bits per heavy atom. The van der Waals surface area contributed by atoms with E-state index in [4.69, 9.17) is 0 Å². The normalized spacial score (nSPS) is 10.8. The summed E-state index contributed by atoms with van der Waals surface area (Å²) in [5.74, 6) is -23.6. The van der Waals surface area contributed by atoms with E-state index in [-0.39, 0.29) is 0 Å². The minimum absolute atomic E-state index is 1.69. The van der Waals surface area contributed by atoms with E-state index in [0.717, 1.165) is 0 Å². The summed E-state index contributed by atoms with van der Waals surface area (Å²) in [5, 5.41) is 0. The van der Waals surface area contributed by atoms with Gasteiger partial charge in [-0.15, -0.1) is 0 Å². The van der Waals surface area contributed by atoms with Crippen molar-refractivity contribution in [1.29, 1.82) is 0 Å². The van der Waals surface area contributed by atoms with Crippen LogP contribution in [0.4, 0.5) is 55.3 Å². The molecule has 0 saturated carbocycles. The van der Waals surface area contributed by atoms with Gasteiger partial charge in [-0.25, -0.2) is 0 Å². The van der Waals surface area contributed by atoms with Crippen LogP contribution in [-0.2, 0) is 14.8 Å². The van der Waals surface area contributed by atoms with E-state index >= 15 is 0 Å². The third-order valence-corrected chi connectivity index (χ3v) is 3.46. The zero-order valence-electron chi connectivity index (χ0n) is 11.1. The van der Waals surface area contributed by atoms with E-state index in [1.165, 1.54) is 0 Å². The van der Waals surface area contributed by atoms with Crippen LogP contribution in [0.1, 0.15) is 0 Å². The van der Waals surface area contributed by atoms with Crippen LogP contribution in [0.5, 0.6) is 0 Å². The molecular weight excluding hydrogens is 414 g/mol. The third kappa shape index (κ3) is 3.21. The van der Waals surface area contributed by atoms with Crippen LogP contribution >= 0.6 is 0 Å². The molecule has 2 aromatic carbocycles. The van der Waals surface area contributed by atoms with Crippen molar-refractivity contribution in [3.05, 3.63) is 58.2 Å². The average molecular weight is 414 g/mol. The number of halogens is 10. The maximum atomic E-state index is 13.3. The molecule has 2 nitrogen and oxygen atoms in total. The van der Waals surface area contributed by atoms with E-state index in [9.17, 15) is 43.9 Å². The first kappa shape index (κ1) is 19.2. The average Bonchev–Trinajstić information content (AvgIpc) is 2.60. The van der Waals surface area contributed by atoms with E-state index in [0.29, 0.717) is 0 Å². The van der Waals surface area contributed by atoms with Crippen LogP contribution in [0.2, 0.25) is 0 Å². The van der Waals surface area contributed by atoms with Crippen LogP contribution in [0.3, 0.4) is 0 Å². The van der Waals surface area contributed by atoms with Crippen molar-refractivity contribution in [1.82, 2.24) is 0 Å². The summed E-state index contributed by atoms with van der Waals surface area (Å²) in [7, 11) is 0. The summed E-state index contributed by atoms with van der Waals surface area (Å²) >= 11 is -2.02. The predicted octanol–water partition coefficient (Wildman–Crippen LogP) is 5.49. The fraction of sp³-hybridized carbons (Fsp3) is 0. The molecule has 2 rings (SSSR count). The first-order valence-electron chi connectivity index (χ1n) is 5.70. The van der Waals surface area contributed by atoms with Gasteiger partial charge in [0.15, 0.2) is 0 Å². The summed E-state index contributed by atoms with van der Waals surface area (Å²) < 4.78 is 136. The second-order valence-corrected chi connectivity index (χ2v) is 4.93. The monoisotopic (exact) mass is 414 g/mol. The van der Waals surface area contributed by atoms with Gasteiger partial charge in [0.2, 0.25) is 0 Å². The van der Waals surface area contributed by atoms with Gasteiger partial charge in [-0.1, -0.05) is 0 Å². The van der Waals surface area contributed by atoms with E-state index < -0.39 is 84.4 Å². The van der Waals surface area contributed by atoms with E-state index in [1.807, 2.05) is 0 Å². The third-order valence-electron chi connectivity index (χ3n) is 2.64. The van der Waals surface area contributed by atoms with E-state index in [2.05, 4.69) is 7.86 Å². The molecule has 0 aromatic heterocycles. The van der Waals surface area contributed by atoms with Crippen LogP contribution in [0.15, 0.2) is 7.86 Å². The van der Waals surface area contributed by atoms with Crippen molar-refractivity contribution in [3.63, 3.8) is 0 Å². The maximum absolute atomic E-state index is 13.3. The predicted molar refractivity (Wildman–Crippen MR) is 56.6 cm³/mol. The molecule has 0 radical (unpaired) electrons. The van der Waals surface area contributed by atoms with Crippen molar-refractivity contribution in [2.75, 3.05) is 0 Å². The first-order valence-corrected chi connectivity index (χ1v) is 6.84. The van der Waals surface area contributed by atoms with Gasteiger partial charge in [0.25, 0.3) is 0 Å². The quantitative estimate of drug-likeness (QED) is 0.353. The van der Waals surface area contributed by atoms with Crippen LogP contribution < -0.4 is 0 Å². The number of nitrogens with zero attached hydrogens (tertiary/aromatic N) is 2. The molecule has 13 heteroatoms. The standard InChI is InChI=1S/2C6F5N.Cr/c2*7-1-2(8)4(10)6(12)5(11)3(1)9;. The molecule has 0 saturated heterocycles. The number of hydrogen-bond donors (Lipinski definition) is 0. The topological polar surface area (TPSA) is 24.7 Å². The van der Waals surface area contributed by atoms with Crippen molar-refractivity contribution >= 4 is 11.4 Å². The Hall–Kier alpha value is -2.13. The van der Waals surface area contributed by atoms with Gasteiger partial charge in [-0.3, -0.25) is 0 Å². The zero-order chi connectivity index (χ0) is 19.0. The van der Waals surface area contributed by atoms with Gasteiger partial charge in [-0.05, 0) is 0 Å². The number of benzene rings is 2. The number of rotatable bonds is 2. The van der Waals surface area contributed by atoms with E-state index in [1.54, 1.807) is 0 Å². The summed E-state index contributed by atoms with van der Waals surface area (Å²) in [4.78, 5) is 0. The Balaban J connectivity index is 2.63. The summed E-state index contributed by atoms with van der Waals surface area (Å²) in [5.41, 5.74) is -3.38. The fourth-order valence-electron chi connectivity index (χ4n) is 1.45. The summed E-state index contributed by atoms with van der Waals surface area (Å²) in [6.07, 6.45) is 0. The second kappa shape index (κ2) is 7.01. The Kier molecular flexibility index (Phi) is 5.38. The van der Waals surface area contributed by atoms with Gasteiger partial charge in [0.05, 0.1) is 0 Å².